The van der Waals surface area contributed by atoms with E-state index in [1.54, 1.807) is 18.3 Å². The van der Waals surface area contributed by atoms with Gasteiger partial charge in [-0.05, 0) is 50.4 Å². The molecule has 0 saturated carbocycles. The summed E-state index contributed by atoms with van der Waals surface area (Å²) in [6.45, 7) is 3.93. The average molecular weight is 402 g/mol. The molecule has 1 fully saturated rings. The summed E-state index contributed by atoms with van der Waals surface area (Å²) in [5.74, 6) is 0.143. The normalized spacial score (nSPS) is 17.7. The first-order chi connectivity index (χ1) is 13.5. The highest BCUT2D eigenvalue weighted by atomic mass is 32.1. The maximum Gasteiger partial charge on any atom is 0.261 e. The van der Waals surface area contributed by atoms with Crippen molar-refractivity contribution in [2.24, 2.45) is 0 Å². The highest BCUT2D eigenvalue weighted by Gasteiger charge is 2.27. The van der Waals surface area contributed by atoms with Crippen molar-refractivity contribution in [3.05, 3.63) is 34.7 Å². The van der Waals surface area contributed by atoms with Crippen LogP contribution in [0.2, 0.25) is 0 Å². The highest BCUT2D eigenvalue weighted by molar-refractivity contribution is 7.21. The monoisotopic (exact) mass is 401 g/mol. The molecule has 1 N–H and O–H groups in total. The van der Waals surface area contributed by atoms with Crippen LogP contribution in [0.3, 0.4) is 0 Å². The van der Waals surface area contributed by atoms with Crippen LogP contribution in [-0.4, -0.2) is 61.4 Å². The molecule has 2 heterocycles. The number of carbonyl (C=O) groups excluding carboxylic acids is 2. The van der Waals surface area contributed by atoms with Gasteiger partial charge >= 0.3 is 0 Å². The van der Waals surface area contributed by atoms with E-state index in [0.29, 0.717) is 6.54 Å². The average Bonchev–Trinajstić information content (AvgIpc) is 2.84. The number of hydrogen-bond acceptors (Lipinski definition) is 4. The predicted molar refractivity (Wildman–Crippen MR) is 116 cm³/mol. The lowest BCUT2D eigenvalue weighted by Gasteiger charge is -2.29. The molecule has 2 aromatic rings. The SMILES string of the molecule is CC(=O)N1CCCCC[C@H]1Cc1c(C(=O)NCCN(C)C)sc2ccccc12. The highest BCUT2D eigenvalue weighted by Crippen LogP contribution is 2.34. The summed E-state index contributed by atoms with van der Waals surface area (Å²) in [4.78, 5) is 30.0. The lowest BCUT2D eigenvalue weighted by Crippen LogP contribution is -2.40. The van der Waals surface area contributed by atoms with E-state index in [2.05, 4.69) is 22.3 Å². The van der Waals surface area contributed by atoms with Crippen LogP contribution < -0.4 is 5.32 Å². The Morgan fingerprint density at radius 2 is 2.00 bits per heavy atom. The second kappa shape index (κ2) is 9.52. The van der Waals surface area contributed by atoms with Gasteiger partial charge in [-0.2, -0.15) is 0 Å². The molecule has 3 rings (SSSR count). The van der Waals surface area contributed by atoms with E-state index >= 15 is 0 Å². The summed E-state index contributed by atoms with van der Waals surface area (Å²) < 4.78 is 1.14. The lowest BCUT2D eigenvalue weighted by atomic mass is 9.98. The Balaban J connectivity index is 1.89. The summed E-state index contributed by atoms with van der Waals surface area (Å²) in [7, 11) is 4.00. The van der Waals surface area contributed by atoms with E-state index in [1.165, 1.54) is 6.42 Å². The van der Waals surface area contributed by atoms with Crippen molar-refractivity contribution in [1.29, 1.82) is 0 Å². The Morgan fingerprint density at radius 3 is 2.75 bits per heavy atom. The number of fused-ring (bicyclic) bond motifs is 1. The summed E-state index contributed by atoms with van der Waals surface area (Å²) in [5, 5.41) is 4.22. The summed E-state index contributed by atoms with van der Waals surface area (Å²) in [6.07, 6.45) is 5.13. The quantitative estimate of drug-likeness (QED) is 0.806. The maximum absolute atomic E-state index is 12.9. The molecule has 1 saturated heterocycles. The zero-order chi connectivity index (χ0) is 20.1. The van der Waals surface area contributed by atoms with Gasteiger partial charge in [0, 0.05) is 37.3 Å². The minimum atomic E-state index is 0.000969. The zero-order valence-electron chi connectivity index (χ0n) is 17.2. The smallest absolute Gasteiger partial charge is 0.261 e. The summed E-state index contributed by atoms with van der Waals surface area (Å²) in [6, 6.07) is 8.40. The van der Waals surface area contributed by atoms with Crippen LogP contribution in [0.5, 0.6) is 0 Å². The molecule has 0 spiro atoms. The van der Waals surface area contributed by atoms with Crippen LogP contribution in [0.4, 0.5) is 0 Å². The minimum absolute atomic E-state index is 0.000969. The maximum atomic E-state index is 12.9. The number of likely N-dealkylation sites (N-methyl/N-ethyl adjacent to an activating group) is 1. The molecule has 0 radical (unpaired) electrons. The van der Waals surface area contributed by atoms with E-state index in [1.807, 2.05) is 31.1 Å². The molecule has 0 bridgehead atoms. The van der Waals surface area contributed by atoms with E-state index in [-0.39, 0.29) is 17.9 Å². The summed E-state index contributed by atoms with van der Waals surface area (Å²) >= 11 is 1.57. The third-order valence-corrected chi connectivity index (χ3v) is 6.68. The molecule has 2 amide bonds. The van der Waals surface area contributed by atoms with Crippen LogP contribution in [0.1, 0.15) is 47.8 Å². The molecule has 0 aliphatic carbocycles. The second-order valence-electron chi connectivity index (χ2n) is 7.88. The first-order valence-corrected chi connectivity index (χ1v) is 11.0. The molecular formula is C22H31N3O2S. The number of rotatable bonds is 6. The lowest BCUT2D eigenvalue weighted by molar-refractivity contribution is -0.131. The number of likely N-dealkylation sites (tertiary alicyclic amines) is 1. The van der Waals surface area contributed by atoms with E-state index in [9.17, 15) is 9.59 Å². The Bertz CT molecular complexity index is 830. The van der Waals surface area contributed by atoms with Crippen LogP contribution in [0.15, 0.2) is 24.3 Å². The standard InChI is InChI=1S/C22H31N3O2S/c1-16(26)25-13-8-4-5-9-17(25)15-19-18-10-6-7-11-20(18)28-21(19)22(27)23-12-14-24(2)3/h6-7,10-11,17H,4-5,8-9,12-15H2,1-3H3,(H,23,27)/t17-/m0/s1. The van der Waals surface area contributed by atoms with Gasteiger partial charge in [0.05, 0.1) is 4.88 Å². The van der Waals surface area contributed by atoms with Gasteiger partial charge in [0.15, 0.2) is 0 Å². The molecule has 1 aromatic carbocycles. The number of nitrogens with one attached hydrogen (secondary N) is 1. The number of hydrogen-bond donors (Lipinski definition) is 1. The van der Waals surface area contributed by atoms with Gasteiger partial charge in [0.1, 0.15) is 0 Å². The molecule has 1 atom stereocenters. The Labute approximate surface area is 171 Å². The molecule has 6 heteroatoms. The van der Waals surface area contributed by atoms with Crippen LogP contribution in [0, 0.1) is 0 Å². The van der Waals surface area contributed by atoms with Crippen molar-refractivity contribution in [3.8, 4) is 0 Å². The second-order valence-corrected chi connectivity index (χ2v) is 8.94. The predicted octanol–water partition coefficient (Wildman–Crippen LogP) is 3.53. The van der Waals surface area contributed by atoms with E-state index in [4.69, 9.17) is 0 Å². The van der Waals surface area contributed by atoms with E-state index < -0.39 is 0 Å². The first kappa shape index (κ1) is 20.8. The fraction of sp³-hybridized carbons (Fsp3) is 0.545. The van der Waals surface area contributed by atoms with Gasteiger partial charge < -0.3 is 15.1 Å². The van der Waals surface area contributed by atoms with Crippen molar-refractivity contribution >= 4 is 33.2 Å². The molecular weight excluding hydrogens is 370 g/mol. The number of carbonyl (C=O) groups is 2. The number of amides is 2. The fourth-order valence-electron chi connectivity index (χ4n) is 4.00. The Morgan fingerprint density at radius 1 is 1.21 bits per heavy atom. The first-order valence-electron chi connectivity index (χ1n) is 10.2. The third kappa shape index (κ3) is 4.92. The van der Waals surface area contributed by atoms with Crippen molar-refractivity contribution in [2.75, 3.05) is 33.7 Å². The van der Waals surface area contributed by atoms with Gasteiger partial charge in [-0.25, -0.2) is 0 Å². The van der Waals surface area contributed by atoms with E-state index in [0.717, 1.165) is 59.3 Å². The molecule has 152 valence electrons. The number of thiophene rings is 1. The van der Waals surface area contributed by atoms with Gasteiger partial charge in [0.2, 0.25) is 5.91 Å². The van der Waals surface area contributed by atoms with Crippen LogP contribution >= 0.6 is 11.3 Å². The zero-order valence-corrected chi connectivity index (χ0v) is 18.0. The molecule has 1 aliphatic heterocycles. The summed E-state index contributed by atoms with van der Waals surface area (Å²) in [5.41, 5.74) is 1.10. The third-order valence-electron chi connectivity index (χ3n) is 5.47. The van der Waals surface area contributed by atoms with Crippen molar-refractivity contribution in [1.82, 2.24) is 15.1 Å². The van der Waals surface area contributed by atoms with Gasteiger partial charge in [-0.3, -0.25) is 9.59 Å². The van der Waals surface area contributed by atoms with Crippen LogP contribution in [0.25, 0.3) is 10.1 Å². The fourth-order valence-corrected chi connectivity index (χ4v) is 5.15. The van der Waals surface area contributed by atoms with Crippen molar-refractivity contribution < 1.29 is 9.59 Å². The molecule has 28 heavy (non-hydrogen) atoms. The molecule has 1 aromatic heterocycles. The van der Waals surface area contributed by atoms with Crippen molar-refractivity contribution in [2.45, 2.75) is 45.1 Å². The molecule has 5 nitrogen and oxygen atoms in total. The largest absolute Gasteiger partial charge is 0.350 e. The Hall–Kier alpha value is -1.92. The Kier molecular flexibility index (Phi) is 7.08. The van der Waals surface area contributed by atoms with Crippen molar-refractivity contribution in [3.63, 3.8) is 0 Å². The molecule has 0 unspecified atom stereocenters. The number of benzene rings is 1. The minimum Gasteiger partial charge on any atom is -0.350 e. The van der Waals surface area contributed by atoms with Gasteiger partial charge in [-0.15, -0.1) is 11.3 Å². The molecule has 1 aliphatic rings. The van der Waals surface area contributed by atoms with Gasteiger partial charge in [0.25, 0.3) is 5.91 Å². The topological polar surface area (TPSA) is 52.7 Å². The van der Waals surface area contributed by atoms with Gasteiger partial charge in [-0.1, -0.05) is 31.0 Å². The number of nitrogens with zero attached hydrogens (tertiary/aromatic N) is 2. The van der Waals surface area contributed by atoms with Crippen LogP contribution in [-0.2, 0) is 11.2 Å².